The average molecular weight is 210 g/mol. The van der Waals surface area contributed by atoms with E-state index in [-0.39, 0.29) is 6.04 Å². The SMILES string of the molecule is COC(=O)C(C#N)NC1CCCCCC1. The lowest BCUT2D eigenvalue weighted by molar-refractivity contribution is -0.141. The van der Waals surface area contributed by atoms with Gasteiger partial charge in [-0.25, -0.2) is 4.79 Å². The smallest absolute Gasteiger partial charge is 0.337 e. The zero-order chi connectivity index (χ0) is 11.1. The number of esters is 1. The van der Waals surface area contributed by atoms with E-state index in [1.54, 1.807) is 0 Å². The number of ether oxygens (including phenoxy) is 1. The molecule has 4 heteroatoms. The molecule has 0 radical (unpaired) electrons. The van der Waals surface area contributed by atoms with Crippen molar-refractivity contribution in [3.8, 4) is 6.07 Å². The number of nitriles is 1. The van der Waals surface area contributed by atoms with E-state index in [1.165, 1.54) is 32.8 Å². The van der Waals surface area contributed by atoms with Crippen LogP contribution in [0.1, 0.15) is 38.5 Å². The van der Waals surface area contributed by atoms with Crippen molar-refractivity contribution in [1.29, 1.82) is 5.26 Å². The fourth-order valence-electron chi connectivity index (χ4n) is 1.96. The molecule has 0 aliphatic heterocycles. The maximum atomic E-state index is 11.2. The summed E-state index contributed by atoms with van der Waals surface area (Å²) in [5.74, 6) is -0.484. The van der Waals surface area contributed by atoms with Crippen molar-refractivity contribution in [3.63, 3.8) is 0 Å². The number of nitrogens with one attached hydrogen (secondary N) is 1. The molecule has 1 fully saturated rings. The summed E-state index contributed by atoms with van der Waals surface area (Å²) in [4.78, 5) is 11.2. The molecule has 0 saturated heterocycles. The van der Waals surface area contributed by atoms with Crippen LogP contribution in [0.4, 0.5) is 0 Å². The van der Waals surface area contributed by atoms with Crippen molar-refractivity contribution in [3.05, 3.63) is 0 Å². The van der Waals surface area contributed by atoms with Crippen LogP contribution in [0.2, 0.25) is 0 Å². The largest absolute Gasteiger partial charge is 0.467 e. The summed E-state index contributed by atoms with van der Waals surface area (Å²) in [7, 11) is 1.31. The number of hydrogen-bond acceptors (Lipinski definition) is 4. The number of carbonyl (C=O) groups excluding carboxylic acids is 1. The first-order chi connectivity index (χ1) is 7.27. The van der Waals surface area contributed by atoms with Gasteiger partial charge in [0.15, 0.2) is 6.04 Å². The van der Waals surface area contributed by atoms with Gasteiger partial charge in [-0.15, -0.1) is 0 Å². The maximum absolute atomic E-state index is 11.2. The van der Waals surface area contributed by atoms with Crippen LogP contribution in [0.25, 0.3) is 0 Å². The summed E-state index contributed by atoms with van der Waals surface area (Å²) in [6, 6.07) is 1.42. The predicted octanol–water partition coefficient (Wildman–Crippen LogP) is 1.36. The third kappa shape index (κ3) is 3.88. The van der Waals surface area contributed by atoms with Crippen molar-refractivity contribution < 1.29 is 9.53 Å². The van der Waals surface area contributed by atoms with E-state index >= 15 is 0 Å². The van der Waals surface area contributed by atoms with Gasteiger partial charge in [0.05, 0.1) is 13.2 Å². The standard InChI is InChI=1S/C11H18N2O2/c1-15-11(14)10(8-12)13-9-6-4-2-3-5-7-9/h9-10,13H,2-7H2,1H3. The molecule has 0 bridgehead atoms. The molecule has 0 heterocycles. The Labute approximate surface area is 90.6 Å². The van der Waals surface area contributed by atoms with Gasteiger partial charge in [0.2, 0.25) is 0 Å². The highest BCUT2D eigenvalue weighted by Crippen LogP contribution is 2.17. The van der Waals surface area contributed by atoms with E-state index in [4.69, 9.17) is 5.26 Å². The Morgan fingerprint density at radius 1 is 1.40 bits per heavy atom. The van der Waals surface area contributed by atoms with Crippen LogP contribution in [-0.4, -0.2) is 25.2 Å². The lowest BCUT2D eigenvalue weighted by Gasteiger charge is -2.18. The van der Waals surface area contributed by atoms with Gasteiger partial charge < -0.3 is 4.74 Å². The van der Waals surface area contributed by atoms with Crippen LogP contribution >= 0.6 is 0 Å². The molecule has 15 heavy (non-hydrogen) atoms. The van der Waals surface area contributed by atoms with Gasteiger partial charge >= 0.3 is 5.97 Å². The summed E-state index contributed by atoms with van der Waals surface area (Å²) in [6.07, 6.45) is 6.97. The van der Waals surface area contributed by atoms with Crippen molar-refractivity contribution >= 4 is 5.97 Å². The Bertz CT molecular complexity index is 239. The highest BCUT2D eigenvalue weighted by atomic mass is 16.5. The summed E-state index contributed by atoms with van der Waals surface area (Å²) in [5, 5.41) is 11.9. The van der Waals surface area contributed by atoms with Crippen molar-refractivity contribution in [2.45, 2.75) is 50.6 Å². The van der Waals surface area contributed by atoms with Crippen LogP contribution in [0.5, 0.6) is 0 Å². The fourth-order valence-corrected chi connectivity index (χ4v) is 1.96. The monoisotopic (exact) mass is 210 g/mol. The fraction of sp³-hybridized carbons (Fsp3) is 0.818. The van der Waals surface area contributed by atoms with Gasteiger partial charge in [-0.3, -0.25) is 5.32 Å². The first kappa shape index (κ1) is 12.0. The molecule has 0 spiro atoms. The third-order valence-corrected chi connectivity index (χ3v) is 2.82. The quantitative estimate of drug-likeness (QED) is 0.564. The Morgan fingerprint density at radius 3 is 2.47 bits per heavy atom. The Kier molecular flexibility index (Phi) is 5.13. The molecule has 1 atom stereocenters. The zero-order valence-electron chi connectivity index (χ0n) is 9.16. The Balaban J connectivity index is 2.43. The number of methoxy groups -OCH3 is 1. The van der Waals surface area contributed by atoms with Gasteiger partial charge in [-0.05, 0) is 12.8 Å². The lowest BCUT2D eigenvalue weighted by Crippen LogP contribution is -2.42. The highest BCUT2D eigenvalue weighted by Gasteiger charge is 2.22. The molecule has 0 aromatic rings. The number of rotatable bonds is 3. The first-order valence-corrected chi connectivity index (χ1v) is 5.51. The maximum Gasteiger partial charge on any atom is 0.337 e. The summed E-state index contributed by atoms with van der Waals surface area (Å²) in [6.45, 7) is 0. The van der Waals surface area contributed by atoms with Crippen molar-refractivity contribution in [1.82, 2.24) is 5.32 Å². The predicted molar refractivity (Wildman–Crippen MR) is 56.0 cm³/mol. The second-order valence-corrected chi connectivity index (χ2v) is 3.94. The van der Waals surface area contributed by atoms with Crippen LogP contribution < -0.4 is 5.32 Å². The van der Waals surface area contributed by atoms with Gasteiger partial charge in [0.1, 0.15) is 0 Å². The molecular formula is C11H18N2O2. The first-order valence-electron chi connectivity index (χ1n) is 5.51. The molecular weight excluding hydrogens is 192 g/mol. The minimum atomic E-state index is -0.807. The summed E-state index contributed by atoms with van der Waals surface area (Å²) >= 11 is 0. The molecule has 0 aromatic carbocycles. The van der Waals surface area contributed by atoms with Crippen LogP contribution in [-0.2, 0) is 9.53 Å². The molecule has 84 valence electrons. The van der Waals surface area contributed by atoms with Crippen LogP contribution in [0, 0.1) is 11.3 Å². The number of nitrogens with zero attached hydrogens (tertiary/aromatic N) is 1. The molecule has 1 N–H and O–H groups in total. The minimum absolute atomic E-state index is 0.288. The molecule has 1 unspecified atom stereocenters. The topological polar surface area (TPSA) is 62.1 Å². The summed E-state index contributed by atoms with van der Waals surface area (Å²) in [5.41, 5.74) is 0. The minimum Gasteiger partial charge on any atom is -0.467 e. The third-order valence-electron chi connectivity index (χ3n) is 2.82. The summed E-state index contributed by atoms with van der Waals surface area (Å²) < 4.78 is 4.55. The molecule has 0 aromatic heterocycles. The molecule has 1 aliphatic carbocycles. The average Bonchev–Trinajstić information content (AvgIpc) is 2.53. The van der Waals surface area contributed by atoms with Crippen molar-refractivity contribution in [2.75, 3.05) is 7.11 Å². The second-order valence-electron chi connectivity index (χ2n) is 3.94. The molecule has 1 saturated carbocycles. The molecule has 0 amide bonds. The second kappa shape index (κ2) is 6.41. The van der Waals surface area contributed by atoms with E-state index in [2.05, 4.69) is 10.1 Å². The van der Waals surface area contributed by atoms with Gasteiger partial charge in [0.25, 0.3) is 0 Å². The highest BCUT2D eigenvalue weighted by molar-refractivity contribution is 5.78. The van der Waals surface area contributed by atoms with E-state index in [0.29, 0.717) is 0 Å². The van der Waals surface area contributed by atoms with Crippen LogP contribution in [0.15, 0.2) is 0 Å². The van der Waals surface area contributed by atoms with Crippen molar-refractivity contribution in [2.24, 2.45) is 0 Å². The van der Waals surface area contributed by atoms with E-state index in [9.17, 15) is 4.79 Å². The van der Waals surface area contributed by atoms with Gasteiger partial charge in [0, 0.05) is 6.04 Å². The Morgan fingerprint density at radius 2 is 2.00 bits per heavy atom. The molecule has 4 nitrogen and oxygen atoms in total. The molecule has 1 aliphatic rings. The van der Waals surface area contributed by atoms with Crippen LogP contribution in [0.3, 0.4) is 0 Å². The lowest BCUT2D eigenvalue weighted by atomic mass is 10.1. The van der Waals surface area contributed by atoms with E-state index < -0.39 is 12.0 Å². The van der Waals surface area contributed by atoms with Gasteiger partial charge in [-0.1, -0.05) is 25.7 Å². The number of carbonyl (C=O) groups is 1. The van der Waals surface area contributed by atoms with Gasteiger partial charge in [-0.2, -0.15) is 5.26 Å². The van der Waals surface area contributed by atoms with E-state index in [0.717, 1.165) is 12.8 Å². The molecule has 1 rings (SSSR count). The number of hydrogen-bond donors (Lipinski definition) is 1. The zero-order valence-corrected chi connectivity index (χ0v) is 9.16. The Hall–Kier alpha value is -1.08. The van der Waals surface area contributed by atoms with E-state index in [1.807, 2.05) is 6.07 Å². The normalized spacial score (nSPS) is 20.0.